The number of carbonyl (C=O) groups excluding carboxylic acids is 4. The van der Waals surface area contributed by atoms with Crippen LogP contribution in [0.5, 0.6) is 5.75 Å². The average molecular weight is 536 g/mol. The summed E-state index contributed by atoms with van der Waals surface area (Å²) in [6.45, 7) is 10.1. The molecule has 0 aliphatic carbocycles. The number of rotatable bonds is 9. The molecule has 2 atom stereocenters. The van der Waals surface area contributed by atoms with Crippen LogP contribution in [0.1, 0.15) is 52.7 Å². The van der Waals surface area contributed by atoms with Gasteiger partial charge in [0, 0.05) is 32.0 Å². The number of para-hydroxylation sites is 1. The van der Waals surface area contributed by atoms with E-state index in [1.165, 1.54) is 24.9 Å². The molecule has 208 valence electrons. The van der Waals surface area contributed by atoms with Crippen molar-refractivity contribution >= 4 is 29.3 Å². The largest absolute Gasteiger partial charge is 0.507 e. The number of carbonyl (C=O) groups is 4. The maximum absolute atomic E-state index is 13.6. The summed E-state index contributed by atoms with van der Waals surface area (Å²) in [5.41, 5.74) is 1.46. The molecule has 1 N–H and O–H groups in total. The molecule has 9 nitrogen and oxygen atoms in total. The lowest BCUT2D eigenvalue weighted by Gasteiger charge is -2.48. The first kappa shape index (κ1) is 29.4. The van der Waals surface area contributed by atoms with E-state index in [2.05, 4.69) is 0 Å². The van der Waals surface area contributed by atoms with Crippen LogP contribution in [0.15, 0.2) is 60.8 Å². The number of benzene rings is 2. The van der Waals surface area contributed by atoms with Crippen molar-refractivity contribution < 1.29 is 29.0 Å². The first-order chi connectivity index (χ1) is 18.4. The van der Waals surface area contributed by atoms with Crippen molar-refractivity contribution in [2.75, 3.05) is 6.54 Å². The number of amides is 2. The van der Waals surface area contributed by atoms with Crippen LogP contribution in [0.4, 0.5) is 0 Å². The Kier molecular flexibility index (Phi) is 9.51. The zero-order valence-electron chi connectivity index (χ0n) is 23.3. The standard InChI is InChI=1S/C30H37N3O6/c1-19(2)26-18-32(27(17-31(26)21(5)34)24-14-10-11-15-28(24)36)33(22(6)35)25(16-23-12-8-7-9-13-23)29(37)30(38)39-20(3)4/h7-15,17,19-20,25-26,36H,16,18H2,1-6H3/t25-,26+/m0/s1. The predicted molar refractivity (Wildman–Crippen MR) is 147 cm³/mol. The number of phenolic OH excluding ortho intramolecular Hbond substituents is 1. The number of Topliss-reactive ketones (excluding diaryl/α,β-unsaturated/α-hetero) is 1. The third-order valence-electron chi connectivity index (χ3n) is 6.57. The van der Waals surface area contributed by atoms with Gasteiger partial charge in [-0.3, -0.25) is 19.4 Å². The molecule has 0 spiro atoms. The number of nitrogens with zero attached hydrogens (tertiary/aromatic N) is 3. The Balaban J connectivity index is 2.22. The van der Waals surface area contributed by atoms with Crippen molar-refractivity contribution in [2.45, 2.75) is 66.2 Å². The molecule has 0 saturated carbocycles. The van der Waals surface area contributed by atoms with Crippen LogP contribution in [0, 0.1) is 5.92 Å². The summed E-state index contributed by atoms with van der Waals surface area (Å²) in [5, 5.41) is 13.6. The molecule has 0 bridgehead atoms. The zero-order chi connectivity index (χ0) is 28.9. The number of hydrazine groups is 1. The highest BCUT2D eigenvalue weighted by molar-refractivity contribution is 6.36. The lowest BCUT2D eigenvalue weighted by Crippen LogP contribution is -2.61. The minimum absolute atomic E-state index is 0.0124. The van der Waals surface area contributed by atoms with E-state index in [-0.39, 0.29) is 36.6 Å². The molecule has 0 unspecified atom stereocenters. The molecule has 39 heavy (non-hydrogen) atoms. The molecule has 0 fully saturated rings. The third kappa shape index (κ3) is 6.85. The molecular weight excluding hydrogens is 498 g/mol. The van der Waals surface area contributed by atoms with Gasteiger partial charge in [0.05, 0.1) is 24.4 Å². The van der Waals surface area contributed by atoms with Gasteiger partial charge in [0.15, 0.2) is 0 Å². The van der Waals surface area contributed by atoms with Gasteiger partial charge in [-0.25, -0.2) is 9.80 Å². The second-order valence-corrected chi connectivity index (χ2v) is 10.2. The van der Waals surface area contributed by atoms with E-state index in [0.29, 0.717) is 11.3 Å². The summed E-state index contributed by atoms with van der Waals surface area (Å²) in [5.74, 6) is -2.66. The zero-order valence-corrected chi connectivity index (χ0v) is 23.3. The van der Waals surface area contributed by atoms with Gasteiger partial charge in [-0.1, -0.05) is 56.3 Å². The SMILES string of the molecule is CC(=O)N1C=C(c2ccccc2O)N(N(C(C)=O)[C@@H](Cc2ccccc2)C(=O)C(=O)OC(C)C)C[C@@H]1C(C)C. The fraction of sp³-hybridized carbons (Fsp3) is 0.400. The first-order valence-electron chi connectivity index (χ1n) is 13.1. The Morgan fingerprint density at radius 3 is 2.13 bits per heavy atom. The molecular formula is C30H37N3O6. The normalized spacial score (nSPS) is 16.1. The van der Waals surface area contributed by atoms with Gasteiger partial charge >= 0.3 is 5.97 Å². The quantitative estimate of drug-likeness (QED) is 0.385. The summed E-state index contributed by atoms with van der Waals surface area (Å²) in [4.78, 5) is 54.2. The highest BCUT2D eigenvalue weighted by Crippen LogP contribution is 2.35. The Morgan fingerprint density at radius 1 is 0.974 bits per heavy atom. The van der Waals surface area contributed by atoms with Crippen molar-refractivity contribution in [3.05, 3.63) is 71.9 Å². The van der Waals surface area contributed by atoms with Gasteiger partial charge in [-0.2, -0.15) is 0 Å². The summed E-state index contributed by atoms with van der Waals surface area (Å²) in [6.07, 6.45) is 1.13. The second-order valence-electron chi connectivity index (χ2n) is 10.2. The predicted octanol–water partition coefficient (Wildman–Crippen LogP) is 3.77. The Bertz CT molecular complexity index is 1240. The van der Waals surface area contributed by atoms with E-state index < -0.39 is 29.8 Å². The van der Waals surface area contributed by atoms with Gasteiger partial charge in [-0.15, -0.1) is 0 Å². The van der Waals surface area contributed by atoms with Crippen LogP contribution in [0.2, 0.25) is 0 Å². The van der Waals surface area contributed by atoms with Crippen LogP contribution in [-0.4, -0.2) is 68.3 Å². The topological polar surface area (TPSA) is 107 Å². The molecule has 2 aromatic rings. The van der Waals surface area contributed by atoms with Gasteiger partial charge in [0.2, 0.25) is 11.8 Å². The summed E-state index contributed by atoms with van der Waals surface area (Å²) < 4.78 is 5.23. The maximum atomic E-state index is 13.6. The number of esters is 1. The molecule has 2 amide bonds. The van der Waals surface area contributed by atoms with E-state index in [0.717, 1.165) is 5.56 Å². The maximum Gasteiger partial charge on any atom is 0.377 e. The van der Waals surface area contributed by atoms with Gasteiger partial charge in [-0.05, 0) is 37.5 Å². The summed E-state index contributed by atoms with van der Waals surface area (Å²) >= 11 is 0. The summed E-state index contributed by atoms with van der Waals surface area (Å²) in [7, 11) is 0. The van der Waals surface area contributed by atoms with Crippen molar-refractivity contribution in [1.29, 1.82) is 0 Å². The Labute approximate surface area is 229 Å². The van der Waals surface area contributed by atoms with Crippen LogP contribution < -0.4 is 0 Å². The number of ketones is 1. The number of hydrogen-bond donors (Lipinski definition) is 1. The second kappa shape index (κ2) is 12.6. The molecule has 0 saturated heterocycles. The lowest BCUT2D eigenvalue weighted by atomic mass is 9.97. The van der Waals surface area contributed by atoms with E-state index in [1.54, 1.807) is 48.2 Å². The lowest BCUT2D eigenvalue weighted by molar-refractivity contribution is -0.166. The highest BCUT2D eigenvalue weighted by Gasteiger charge is 2.42. The van der Waals surface area contributed by atoms with Crippen molar-refractivity contribution in [3.8, 4) is 5.75 Å². The minimum Gasteiger partial charge on any atom is -0.507 e. The van der Waals surface area contributed by atoms with E-state index in [1.807, 2.05) is 44.2 Å². The molecule has 1 aliphatic heterocycles. The molecule has 1 aliphatic rings. The van der Waals surface area contributed by atoms with Gasteiger partial charge in [0.1, 0.15) is 11.8 Å². The number of ether oxygens (including phenoxy) is 1. The number of aromatic hydroxyl groups is 1. The first-order valence-corrected chi connectivity index (χ1v) is 13.1. The minimum atomic E-state index is -1.23. The van der Waals surface area contributed by atoms with E-state index >= 15 is 0 Å². The van der Waals surface area contributed by atoms with Gasteiger partial charge < -0.3 is 14.7 Å². The number of phenols is 1. The van der Waals surface area contributed by atoms with Crippen LogP contribution in [-0.2, 0) is 30.3 Å². The molecule has 1 heterocycles. The van der Waals surface area contributed by atoms with Crippen molar-refractivity contribution in [1.82, 2.24) is 14.9 Å². The Hall–Kier alpha value is -4.14. The van der Waals surface area contributed by atoms with E-state index in [9.17, 15) is 24.3 Å². The average Bonchev–Trinajstić information content (AvgIpc) is 2.87. The highest BCUT2D eigenvalue weighted by atomic mass is 16.5. The number of hydrogen-bond acceptors (Lipinski definition) is 7. The summed E-state index contributed by atoms with van der Waals surface area (Å²) in [6, 6.07) is 14.1. The molecule has 0 aromatic heterocycles. The van der Waals surface area contributed by atoms with Crippen molar-refractivity contribution in [3.63, 3.8) is 0 Å². The molecule has 9 heteroatoms. The third-order valence-corrected chi connectivity index (χ3v) is 6.57. The van der Waals surface area contributed by atoms with E-state index in [4.69, 9.17) is 4.74 Å². The van der Waals surface area contributed by atoms with Crippen LogP contribution in [0.25, 0.3) is 5.70 Å². The molecule has 2 aromatic carbocycles. The van der Waals surface area contributed by atoms with Gasteiger partial charge in [0.25, 0.3) is 5.78 Å². The monoisotopic (exact) mass is 535 g/mol. The fourth-order valence-electron chi connectivity index (χ4n) is 4.71. The molecule has 0 radical (unpaired) electrons. The Morgan fingerprint density at radius 2 is 1.59 bits per heavy atom. The van der Waals surface area contributed by atoms with Crippen molar-refractivity contribution in [2.24, 2.45) is 5.92 Å². The van der Waals surface area contributed by atoms with Crippen LogP contribution >= 0.6 is 0 Å². The smallest absolute Gasteiger partial charge is 0.377 e. The van der Waals surface area contributed by atoms with Crippen LogP contribution in [0.3, 0.4) is 0 Å². The fourth-order valence-corrected chi connectivity index (χ4v) is 4.71. The molecule has 3 rings (SSSR count).